The molecule has 4 aliphatic rings. The first-order chi connectivity index (χ1) is 10.2. The van der Waals surface area contributed by atoms with E-state index in [0.717, 1.165) is 36.4 Å². The number of carbonyl (C=O) groups is 1. The molecule has 21 heavy (non-hydrogen) atoms. The molecule has 1 heterocycles. The van der Waals surface area contributed by atoms with Crippen LogP contribution in [0, 0.1) is 23.2 Å². The average Bonchev–Trinajstić information content (AvgIpc) is 2.89. The lowest BCUT2D eigenvalue weighted by Gasteiger charge is -2.56. The molecular weight excluding hydrogens is 262 g/mol. The highest BCUT2D eigenvalue weighted by Gasteiger charge is 2.51. The molecule has 114 valence electrons. The summed E-state index contributed by atoms with van der Waals surface area (Å²) in [6.45, 7) is 0.693. The van der Waals surface area contributed by atoms with E-state index in [2.05, 4.69) is 15.3 Å². The summed E-state index contributed by atoms with van der Waals surface area (Å²) in [5.74, 6) is 3.97. The van der Waals surface area contributed by atoms with Crippen molar-refractivity contribution < 1.29 is 4.79 Å². The lowest BCUT2D eigenvalue weighted by atomic mass is 9.49. The van der Waals surface area contributed by atoms with Crippen LogP contribution in [0.2, 0.25) is 0 Å². The van der Waals surface area contributed by atoms with Crippen molar-refractivity contribution in [2.45, 2.75) is 51.4 Å². The van der Waals surface area contributed by atoms with Crippen LogP contribution in [-0.4, -0.2) is 22.4 Å². The maximum Gasteiger partial charge on any atom is 0.220 e. The molecule has 4 saturated carbocycles. The van der Waals surface area contributed by atoms with Crippen LogP contribution in [-0.2, 0) is 11.2 Å². The third-order valence-electron chi connectivity index (χ3n) is 5.94. The summed E-state index contributed by atoms with van der Waals surface area (Å²) in [6, 6.07) is 0. The number of aromatic amines is 1. The Labute approximate surface area is 126 Å². The predicted octanol–water partition coefficient (Wildman–Crippen LogP) is 2.67. The third-order valence-corrected chi connectivity index (χ3v) is 5.94. The summed E-state index contributed by atoms with van der Waals surface area (Å²) in [6.07, 6.45) is 13.4. The number of hydrogen-bond donors (Lipinski definition) is 2. The summed E-state index contributed by atoms with van der Waals surface area (Å²) < 4.78 is 0. The molecule has 1 amide bonds. The number of nitrogens with one attached hydrogen (secondary N) is 2. The number of aromatic nitrogens is 2. The van der Waals surface area contributed by atoms with Crippen LogP contribution in [0.15, 0.2) is 12.4 Å². The monoisotopic (exact) mass is 287 g/mol. The van der Waals surface area contributed by atoms with Crippen LogP contribution in [0.5, 0.6) is 0 Å². The Bertz CT molecular complexity index is 473. The first-order valence-electron chi connectivity index (χ1n) is 8.46. The second-order valence-corrected chi connectivity index (χ2v) is 7.73. The van der Waals surface area contributed by atoms with Crippen molar-refractivity contribution in [2.24, 2.45) is 23.2 Å². The van der Waals surface area contributed by atoms with Crippen LogP contribution < -0.4 is 5.32 Å². The zero-order valence-corrected chi connectivity index (χ0v) is 12.6. The van der Waals surface area contributed by atoms with E-state index in [1.165, 1.54) is 38.5 Å². The highest BCUT2D eigenvalue weighted by Crippen LogP contribution is 2.61. The molecule has 0 atom stereocenters. The number of H-pyrrole nitrogens is 1. The highest BCUT2D eigenvalue weighted by molar-refractivity contribution is 5.76. The summed E-state index contributed by atoms with van der Waals surface area (Å²) in [4.78, 5) is 19.6. The highest BCUT2D eigenvalue weighted by atomic mass is 16.1. The van der Waals surface area contributed by atoms with Crippen molar-refractivity contribution in [3.8, 4) is 0 Å². The van der Waals surface area contributed by atoms with Crippen molar-refractivity contribution in [1.29, 1.82) is 0 Å². The Balaban J connectivity index is 1.30. The second kappa shape index (κ2) is 5.15. The van der Waals surface area contributed by atoms with Crippen LogP contribution in [0.4, 0.5) is 0 Å². The Hall–Kier alpha value is -1.32. The van der Waals surface area contributed by atoms with Crippen LogP contribution in [0.3, 0.4) is 0 Å². The van der Waals surface area contributed by atoms with E-state index in [4.69, 9.17) is 0 Å². The zero-order valence-electron chi connectivity index (χ0n) is 12.6. The van der Waals surface area contributed by atoms with Crippen LogP contribution in [0.25, 0.3) is 0 Å². The molecule has 0 saturated heterocycles. The molecule has 2 N–H and O–H groups in total. The lowest BCUT2D eigenvalue weighted by Crippen LogP contribution is -2.48. The van der Waals surface area contributed by atoms with Gasteiger partial charge in [-0.3, -0.25) is 4.79 Å². The SMILES string of the molecule is O=C(CC12CC3CC(CC(C3)C1)C2)NCCc1ncc[nH]1. The standard InChI is InChI=1S/C17H25N3O/c21-16(20-2-1-15-18-3-4-19-15)11-17-8-12-5-13(9-17)7-14(6-12)10-17/h3-4,12-14H,1-2,5-11H2,(H,18,19)(H,20,21). The van der Waals surface area contributed by atoms with Crippen LogP contribution >= 0.6 is 0 Å². The molecule has 4 fully saturated rings. The minimum absolute atomic E-state index is 0.253. The van der Waals surface area contributed by atoms with Gasteiger partial charge in [0, 0.05) is 31.8 Å². The van der Waals surface area contributed by atoms with E-state index in [1.54, 1.807) is 6.20 Å². The molecule has 1 aromatic rings. The maximum absolute atomic E-state index is 12.3. The van der Waals surface area contributed by atoms with Gasteiger partial charge in [0.05, 0.1) is 0 Å². The summed E-state index contributed by atoms with van der Waals surface area (Å²) in [7, 11) is 0. The van der Waals surface area contributed by atoms with E-state index in [-0.39, 0.29) is 5.91 Å². The lowest BCUT2D eigenvalue weighted by molar-refractivity contribution is -0.129. The minimum Gasteiger partial charge on any atom is -0.356 e. The minimum atomic E-state index is 0.253. The van der Waals surface area contributed by atoms with Gasteiger partial charge in [0.15, 0.2) is 0 Å². The van der Waals surface area contributed by atoms with Gasteiger partial charge < -0.3 is 10.3 Å². The Morgan fingerprint density at radius 1 is 1.24 bits per heavy atom. The predicted molar refractivity (Wildman–Crippen MR) is 80.5 cm³/mol. The van der Waals surface area contributed by atoms with Gasteiger partial charge in [-0.2, -0.15) is 0 Å². The molecule has 4 heteroatoms. The van der Waals surface area contributed by atoms with Gasteiger partial charge in [-0.05, 0) is 61.7 Å². The van der Waals surface area contributed by atoms with Crippen molar-refractivity contribution in [1.82, 2.24) is 15.3 Å². The normalized spacial score (nSPS) is 36.9. The number of hydrogen-bond acceptors (Lipinski definition) is 2. The van der Waals surface area contributed by atoms with Gasteiger partial charge in [0.25, 0.3) is 0 Å². The van der Waals surface area contributed by atoms with E-state index in [1.807, 2.05) is 6.20 Å². The maximum atomic E-state index is 12.3. The van der Waals surface area contributed by atoms with E-state index in [0.29, 0.717) is 12.0 Å². The quantitative estimate of drug-likeness (QED) is 0.874. The van der Waals surface area contributed by atoms with Crippen molar-refractivity contribution in [2.75, 3.05) is 6.54 Å². The molecule has 4 nitrogen and oxygen atoms in total. The molecular formula is C17H25N3O. The smallest absolute Gasteiger partial charge is 0.220 e. The Morgan fingerprint density at radius 3 is 2.48 bits per heavy atom. The fourth-order valence-corrected chi connectivity index (χ4v) is 5.66. The fraction of sp³-hybridized carbons (Fsp3) is 0.765. The van der Waals surface area contributed by atoms with Crippen LogP contribution in [0.1, 0.15) is 50.8 Å². The number of nitrogens with zero attached hydrogens (tertiary/aromatic N) is 1. The molecule has 0 aliphatic heterocycles. The van der Waals surface area contributed by atoms with Gasteiger partial charge in [0.2, 0.25) is 5.91 Å². The summed E-state index contributed by atoms with van der Waals surface area (Å²) in [5, 5.41) is 3.10. The molecule has 0 unspecified atom stereocenters. The Kier molecular flexibility index (Phi) is 3.27. The first kappa shape index (κ1) is 13.4. The van der Waals surface area contributed by atoms with Gasteiger partial charge in [-0.1, -0.05) is 0 Å². The molecule has 1 aromatic heterocycles. The molecule has 4 aliphatic carbocycles. The number of carbonyl (C=O) groups excluding carboxylic acids is 1. The summed E-state index contributed by atoms with van der Waals surface area (Å²) >= 11 is 0. The van der Waals surface area contributed by atoms with Crippen molar-refractivity contribution >= 4 is 5.91 Å². The molecule has 4 bridgehead atoms. The average molecular weight is 287 g/mol. The first-order valence-corrected chi connectivity index (χ1v) is 8.46. The van der Waals surface area contributed by atoms with Gasteiger partial charge in [-0.25, -0.2) is 4.98 Å². The van der Waals surface area contributed by atoms with Gasteiger partial charge >= 0.3 is 0 Å². The van der Waals surface area contributed by atoms with Gasteiger partial charge in [0.1, 0.15) is 5.82 Å². The number of imidazole rings is 1. The molecule has 0 radical (unpaired) electrons. The van der Waals surface area contributed by atoms with E-state index in [9.17, 15) is 4.79 Å². The summed E-state index contributed by atoms with van der Waals surface area (Å²) in [5.41, 5.74) is 0.351. The fourth-order valence-electron chi connectivity index (χ4n) is 5.66. The molecule has 5 rings (SSSR count). The molecule has 0 aromatic carbocycles. The largest absolute Gasteiger partial charge is 0.356 e. The number of rotatable bonds is 5. The van der Waals surface area contributed by atoms with Crippen molar-refractivity contribution in [3.05, 3.63) is 18.2 Å². The van der Waals surface area contributed by atoms with E-state index < -0.39 is 0 Å². The van der Waals surface area contributed by atoms with Gasteiger partial charge in [-0.15, -0.1) is 0 Å². The van der Waals surface area contributed by atoms with Crippen molar-refractivity contribution in [3.63, 3.8) is 0 Å². The topological polar surface area (TPSA) is 57.8 Å². The van der Waals surface area contributed by atoms with E-state index >= 15 is 0 Å². The zero-order chi connectivity index (χ0) is 14.3. The Morgan fingerprint density at radius 2 is 1.90 bits per heavy atom. The molecule has 0 spiro atoms. The second-order valence-electron chi connectivity index (χ2n) is 7.73. The third kappa shape index (κ3) is 2.72. The number of amides is 1.